The van der Waals surface area contributed by atoms with Crippen LogP contribution in [0.5, 0.6) is 0 Å². The van der Waals surface area contributed by atoms with Gasteiger partial charge in [-0.2, -0.15) is 0 Å². The van der Waals surface area contributed by atoms with E-state index in [0.717, 1.165) is 17.7 Å². The fraction of sp³-hybridized carbons (Fsp3) is 0.188. The third-order valence-electron chi connectivity index (χ3n) is 3.81. The van der Waals surface area contributed by atoms with Crippen molar-refractivity contribution in [3.63, 3.8) is 0 Å². The standard InChI is InChI=1S/C16H15FN2O4S/c17-12-4-7-14(8-5-12)24(22,23)19-9-1-2-11-3-6-13(10-15(11)19)18-16(20)21/h3-8,10,18H,1-2,9H2,(H,20,21). The van der Waals surface area contributed by atoms with E-state index in [2.05, 4.69) is 5.32 Å². The number of carboxylic acid groups (broad SMARTS) is 1. The zero-order valence-electron chi connectivity index (χ0n) is 12.6. The van der Waals surface area contributed by atoms with Gasteiger partial charge in [-0.05, 0) is 54.8 Å². The molecule has 1 heterocycles. The van der Waals surface area contributed by atoms with Gasteiger partial charge in [0.05, 0.1) is 10.6 Å². The lowest BCUT2D eigenvalue weighted by atomic mass is 10.0. The van der Waals surface area contributed by atoms with Crippen molar-refractivity contribution in [2.75, 3.05) is 16.2 Å². The predicted octanol–water partition coefficient (Wildman–Crippen LogP) is 3.06. The minimum Gasteiger partial charge on any atom is -0.465 e. The molecule has 6 nitrogen and oxygen atoms in total. The SMILES string of the molecule is O=C(O)Nc1ccc2c(c1)N(S(=O)(=O)c1ccc(F)cc1)CCC2. The molecule has 1 aliphatic rings. The summed E-state index contributed by atoms with van der Waals surface area (Å²) in [6.45, 7) is 0.281. The molecule has 1 aliphatic heterocycles. The van der Waals surface area contributed by atoms with Crippen LogP contribution in [-0.4, -0.2) is 26.2 Å². The maximum Gasteiger partial charge on any atom is 0.409 e. The van der Waals surface area contributed by atoms with Crippen molar-refractivity contribution in [3.8, 4) is 0 Å². The number of benzene rings is 2. The molecule has 3 rings (SSSR count). The Bertz CT molecular complexity index is 881. The predicted molar refractivity (Wildman–Crippen MR) is 87.3 cm³/mol. The summed E-state index contributed by atoms with van der Waals surface area (Å²) < 4.78 is 40.0. The molecule has 24 heavy (non-hydrogen) atoms. The molecule has 0 aromatic heterocycles. The van der Waals surface area contributed by atoms with Gasteiger partial charge < -0.3 is 5.11 Å². The molecule has 126 valence electrons. The second-order valence-corrected chi connectivity index (χ2v) is 7.27. The monoisotopic (exact) mass is 350 g/mol. The molecule has 0 aliphatic carbocycles. The molecule has 1 amide bonds. The van der Waals surface area contributed by atoms with Crippen molar-refractivity contribution < 1.29 is 22.7 Å². The van der Waals surface area contributed by atoms with Crippen molar-refractivity contribution >= 4 is 27.5 Å². The van der Waals surface area contributed by atoms with Crippen molar-refractivity contribution in [1.29, 1.82) is 0 Å². The molecule has 0 spiro atoms. The molecule has 2 aromatic rings. The molecule has 8 heteroatoms. The number of halogens is 1. The minimum atomic E-state index is -3.85. The van der Waals surface area contributed by atoms with Crippen molar-refractivity contribution in [3.05, 3.63) is 53.8 Å². The van der Waals surface area contributed by atoms with Crippen LogP contribution in [0.25, 0.3) is 0 Å². The van der Waals surface area contributed by atoms with E-state index in [1.165, 1.54) is 22.5 Å². The Balaban J connectivity index is 2.04. The van der Waals surface area contributed by atoms with Crippen molar-refractivity contribution in [2.24, 2.45) is 0 Å². The van der Waals surface area contributed by atoms with Gasteiger partial charge in [0.25, 0.3) is 10.0 Å². The maximum absolute atomic E-state index is 13.1. The largest absolute Gasteiger partial charge is 0.465 e. The Labute approximate surface area is 138 Å². The normalized spacial score (nSPS) is 14.1. The van der Waals surface area contributed by atoms with E-state index >= 15 is 0 Å². The number of nitrogens with zero attached hydrogens (tertiary/aromatic N) is 1. The second kappa shape index (κ2) is 6.12. The maximum atomic E-state index is 13.1. The van der Waals surface area contributed by atoms with Crippen LogP contribution in [0.4, 0.5) is 20.6 Å². The Kier molecular flexibility index (Phi) is 4.15. The Morgan fingerprint density at radius 3 is 2.54 bits per heavy atom. The van der Waals surface area contributed by atoms with E-state index in [0.29, 0.717) is 24.2 Å². The van der Waals surface area contributed by atoms with Crippen LogP contribution in [0.15, 0.2) is 47.4 Å². The highest BCUT2D eigenvalue weighted by Crippen LogP contribution is 2.34. The number of rotatable bonds is 3. The Morgan fingerprint density at radius 2 is 1.88 bits per heavy atom. The number of hydrogen-bond donors (Lipinski definition) is 2. The van der Waals surface area contributed by atoms with Crippen LogP contribution in [0, 0.1) is 5.82 Å². The second-order valence-electron chi connectivity index (χ2n) is 5.41. The lowest BCUT2D eigenvalue weighted by Crippen LogP contribution is -2.35. The number of anilines is 2. The first-order chi connectivity index (χ1) is 11.4. The zero-order chi connectivity index (χ0) is 17.3. The average molecular weight is 350 g/mol. The molecule has 0 bridgehead atoms. The van der Waals surface area contributed by atoms with Gasteiger partial charge in [-0.25, -0.2) is 17.6 Å². The number of amides is 1. The van der Waals surface area contributed by atoms with Crippen LogP contribution < -0.4 is 9.62 Å². The summed E-state index contributed by atoms with van der Waals surface area (Å²) in [5.74, 6) is -0.513. The summed E-state index contributed by atoms with van der Waals surface area (Å²) in [5, 5.41) is 11.0. The summed E-state index contributed by atoms with van der Waals surface area (Å²) >= 11 is 0. The van der Waals surface area contributed by atoms with Crippen LogP contribution in [-0.2, 0) is 16.4 Å². The van der Waals surface area contributed by atoms with Crippen LogP contribution >= 0.6 is 0 Å². The first-order valence-electron chi connectivity index (χ1n) is 7.29. The zero-order valence-corrected chi connectivity index (χ0v) is 13.4. The van der Waals surface area contributed by atoms with Crippen LogP contribution in [0.1, 0.15) is 12.0 Å². The lowest BCUT2D eigenvalue weighted by Gasteiger charge is -2.31. The molecule has 2 aromatic carbocycles. The fourth-order valence-corrected chi connectivity index (χ4v) is 4.26. The van der Waals surface area contributed by atoms with Gasteiger partial charge in [-0.15, -0.1) is 0 Å². The summed E-state index contributed by atoms with van der Waals surface area (Å²) in [6, 6.07) is 9.45. The van der Waals surface area contributed by atoms with Gasteiger partial charge in [0, 0.05) is 12.2 Å². The first-order valence-corrected chi connectivity index (χ1v) is 8.73. The number of sulfonamides is 1. The smallest absolute Gasteiger partial charge is 0.409 e. The van der Waals surface area contributed by atoms with Gasteiger partial charge >= 0.3 is 6.09 Å². The Hall–Kier alpha value is -2.61. The van der Waals surface area contributed by atoms with Crippen molar-refractivity contribution in [1.82, 2.24) is 0 Å². The molecule has 0 fully saturated rings. The molecular weight excluding hydrogens is 335 g/mol. The van der Waals surface area contributed by atoms with Gasteiger partial charge in [0.1, 0.15) is 5.82 Å². The highest BCUT2D eigenvalue weighted by atomic mass is 32.2. The fourth-order valence-electron chi connectivity index (χ4n) is 2.73. The summed E-state index contributed by atoms with van der Waals surface area (Å²) in [5.41, 5.74) is 1.56. The van der Waals surface area contributed by atoms with Crippen LogP contribution in [0.3, 0.4) is 0 Å². The summed E-state index contributed by atoms with van der Waals surface area (Å²) in [4.78, 5) is 10.8. The number of nitrogens with one attached hydrogen (secondary N) is 1. The van der Waals surface area contributed by atoms with Gasteiger partial charge in [0.2, 0.25) is 0 Å². The number of hydrogen-bond acceptors (Lipinski definition) is 3. The molecule has 0 saturated heterocycles. The summed E-state index contributed by atoms with van der Waals surface area (Å²) in [6.07, 6.45) is 0.135. The third kappa shape index (κ3) is 3.05. The van der Waals surface area contributed by atoms with E-state index < -0.39 is 21.9 Å². The van der Waals surface area contributed by atoms with E-state index in [1.54, 1.807) is 12.1 Å². The van der Waals surface area contributed by atoms with E-state index in [9.17, 15) is 17.6 Å². The van der Waals surface area contributed by atoms with E-state index in [-0.39, 0.29) is 11.4 Å². The van der Waals surface area contributed by atoms with Crippen molar-refractivity contribution in [2.45, 2.75) is 17.7 Å². The quantitative estimate of drug-likeness (QED) is 0.891. The van der Waals surface area contributed by atoms with Gasteiger partial charge in [-0.3, -0.25) is 9.62 Å². The minimum absolute atomic E-state index is 0.00616. The average Bonchev–Trinajstić information content (AvgIpc) is 2.54. The molecule has 0 saturated carbocycles. The van der Waals surface area contributed by atoms with E-state index in [1.807, 2.05) is 0 Å². The Morgan fingerprint density at radius 1 is 1.17 bits per heavy atom. The molecule has 0 atom stereocenters. The number of fused-ring (bicyclic) bond motifs is 1. The molecule has 0 unspecified atom stereocenters. The summed E-state index contributed by atoms with van der Waals surface area (Å²) in [7, 11) is -3.85. The third-order valence-corrected chi connectivity index (χ3v) is 5.64. The number of aryl methyl sites for hydroxylation is 1. The highest BCUT2D eigenvalue weighted by Gasteiger charge is 2.29. The number of carbonyl (C=O) groups is 1. The van der Waals surface area contributed by atoms with Gasteiger partial charge in [-0.1, -0.05) is 6.07 Å². The highest BCUT2D eigenvalue weighted by molar-refractivity contribution is 7.92. The topological polar surface area (TPSA) is 86.7 Å². The lowest BCUT2D eigenvalue weighted by molar-refractivity contribution is 0.209. The first kappa shape index (κ1) is 16.3. The van der Waals surface area contributed by atoms with Crippen LogP contribution in [0.2, 0.25) is 0 Å². The van der Waals surface area contributed by atoms with Gasteiger partial charge in [0.15, 0.2) is 0 Å². The molecule has 0 radical (unpaired) electrons. The molecule has 2 N–H and O–H groups in total. The molecular formula is C16H15FN2O4S. The van der Waals surface area contributed by atoms with E-state index in [4.69, 9.17) is 5.11 Å².